The summed E-state index contributed by atoms with van der Waals surface area (Å²) < 4.78 is 24.6. The lowest BCUT2D eigenvalue weighted by molar-refractivity contribution is 0.261. The van der Waals surface area contributed by atoms with Crippen LogP contribution in [-0.2, 0) is 22.8 Å². The van der Waals surface area contributed by atoms with Crippen molar-refractivity contribution in [2.75, 3.05) is 35.7 Å². The predicted octanol–water partition coefficient (Wildman–Crippen LogP) is 1.96. The van der Waals surface area contributed by atoms with E-state index >= 15 is 0 Å². The van der Waals surface area contributed by atoms with Crippen LogP contribution in [0.3, 0.4) is 0 Å². The molecule has 1 aromatic carbocycles. The lowest BCUT2D eigenvalue weighted by Gasteiger charge is -2.34. The first-order valence-electron chi connectivity index (χ1n) is 7.49. The lowest BCUT2D eigenvalue weighted by atomic mass is 10.1. The number of rotatable bonds is 4. The Balaban J connectivity index is 1.78. The van der Waals surface area contributed by atoms with E-state index in [0.717, 1.165) is 31.8 Å². The van der Waals surface area contributed by atoms with Gasteiger partial charge in [-0.15, -0.1) is 0 Å². The second-order valence-corrected chi connectivity index (χ2v) is 9.22. The summed E-state index contributed by atoms with van der Waals surface area (Å²) in [4.78, 5) is 2.14. The van der Waals surface area contributed by atoms with Gasteiger partial charge in [0.05, 0.1) is 0 Å². The number of sulfone groups is 1. The smallest absolute Gasteiger partial charge is 0.166 e. The van der Waals surface area contributed by atoms with Crippen LogP contribution in [0.25, 0.3) is 0 Å². The van der Waals surface area contributed by atoms with Crippen LogP contribution in [0, 0.1) is 0 Å². The molecule has 0 saturated carbocycles. The topological polar surface area (TPSA) is 49.4 Å². The van der Waals surface area contributed by atoms with Gasteiger partial charge in [-0.05, 0) is 23.6 Å². The first-order valence-corrected chi connectivity index (χ1v) is 10.4. The molecule has 0 aliphatic carbocycles. The Kier molecular flexibility index (Phi) is 4.47. The summed E-state index contributed by atoms with van der Waals surface area (Å²) in [5.41, 5.74) is 3.81. The molecule has 1 aromatic rings. The summed E-state index contributed by atoms with van der Waals surface area (Å²) in [7, 11) is -3.01. The monoisotopic (exact) mass is 326 g/mol. The van der Waals surface area contributed by atoms with Gasteiger partial charge in [-0.2, -0.15) is 11.8 Å². The van der Waals surface area contributed by atoms with Crippen molar-refractivity contribution in [3.8, 4) is 0 Å². The van der Waals surface area contributed by atoms with Crippen LogP contribution in [0.2, 0.25) is 0 Å². The normalized spacial score (nSPS) is 22.8. The van der Waals surface area contributed by atoms with Gasteiger partial charge < -0.3 is 5.32 Å². The standard InChI is InChI=1S/C15H22N2O2S2/c1-2-21(18,19)15-11-20-8-7-17(15)10-12-3-4-14-13(9-12)5-6-16-14/h3-4,9,15-16H,2,5-8,10-11H2,1H3. The van der Waals surface area contributed by atoms with Crippen LogP contribution >= 0.6 is 11.8 Å². The number of fused-ring (bicyclic) bond motifs is 1. The van der Waals surface area contributed by atoms with Gasteiger partial charge in [0.1, 0.15) is 5.37 Å². The quantitative estimate of drug-likeness (QED) is 0.917. The van der Waals surface area contributed by atoms with Crippen molar-refractivity contribution in [2.24, 2.45) is 0 Å². The molecule has 2 aliphatic heterocycles. The van der Waals surface area contributed by atoms with Crippen LogP contribution in [0.15, 0.2) is 18.2 Å². The van der Waals surface area contributed by atoms with E-state index in [9.17, 15) is 8.42 Å². The van der Waals surface area contributed by atoms with Gasteiger partial charge in [0.2, 0.25) is 0 Å². The van der Waals surface area contributed by atoms with Crippen molar-refractivity contribution in [3.05, 3.63) is 29.3 Å². The zero-order valence-corrected chi connectivity index (χ0v) is 14.0. The molecule has 1 unspecified atom stereocenters. The Morgan fingerprint density at radius 2 is 2.29 bits per heavy atom. The van der Waals surface area contributed by atoms with Gasteiger partial charge in [-0.25, -0.2) is 8.42 Å². The second-order valence-electron chi connectivity index (χ2n) is 5.62. The highest BCUT2D eigenvalue weighted by Gasteiger charge is 2.32. The molecule has 0 aromatic heterocycles. The third-order valence-corrected chi connectivity index (χ3v) is 7.60. The van der Waals surface area contributed by atoms with E-state index in [4.69, 9.17) is 0 Å². The molecule has 1 N–H and O–H groups in total. The maximum Gasteiger partial charge on any atom is 0.166 e. The molecule has 1 saturated heterocycles. The van der Waals surface area contributed by atoms with E-state index in [1.165, 1.54) is 16.8 Å². The van der Waals surface area contributed by atoms with E-state index in [-0.39, 0.29) is 11.1 Å². The predicted molar refractivity (Wildman–Crippen MR) is 89.6 cm³/mol. The zero-order chi connectivity index (χ0) is 14.9. The van der Waals surface area contributed by atoms with E-state index in [1.54, 1.807) is 18.7 Å². The van der Waals surface area contributed by atoms with Crippen molar-refractivity contribution in [1.29, 1.82) is 0 Å². The third kappa shape index (κ3) is 3.22. The second kappa shape index (κ2) is 6.18. The Morgan fingerprint density at radius 1 is 1.43 bits per heavy atom. The minimum absolute atomic E-state index is 0.225. The Hall–Kier alpha value is -0.720. The van der Waals surface area contributed by atoms with Gasteiger partial charge in [0.25, 0.3) is 0 Å². The van der Waals surface area contributed by atoms with Crippen LogP contribution < -0.4 is 5.32 Å². The molecule has 0 spiro atoms. The Labute approximate surface area is 131 Å². The number of thioether (sulfide) groups is 1. The van der Waals surface area contributed by atoms with Crippen molar-refractivity contribution in [3.63, 3.8) is 0 Å². The fraction of sp³-hybridized carbons (Fsp3) is 0.600. The molecule has 0 amide bonds. The molecular weight excluding hydrogens is 304 g/mol. The number of nitrogens with one attached hydrogen (secondary N) is 1. The van der Waals surface area contributed by atoms with Crippen LogP contribution in [0.5, 0.6) is 0 Å². The summed E-state index contributed by atoms with van der Waals surface area (Å²) in [5.74, 6) is 1.94. The van der Waals surface area contributed by atoms with E-state index < -0.39 is 9.84 Å². The van der Waals surface area contributed by atoms with Gasteiger partial charge in [-0.3, -0.25) is 4.90 Å². The minimum atomic E-state index is -3.01. The first-order chi connectivity index (χ1) is 10.1. The summed E-state index contributed by atoms with van der Waals surface area (Å²) in [5, 5.41) is 3.03. The lowest BCUT2D eigenvalue weighted by Crippen LogP contribution is -2.47. The molecule has 1 atom stereocenters. The average Bonchev–Trinajstić information content (AvgIpc) is 2.95. The molecule has 2 heterocycles. The maximum atomic E-state index is 12.3. The summed E-state index contributed by atoms with van der Waals surface area (Å²) in [6.45, 7) is 4.33. The number of hydrogen-bond acceptors (Lipinski definition) is 5. The zero-order valence-electron chi connectivity index (χ0n) is 12.3. The molecule has 116 valence electrons. The largest absolute Gasteiger partial charge is 0.384 e. The molecule has 2 aliphatic rings. The van der Waals surface area contributed by atoms with Crippen molar-refractivity contribution < 1.29 is 8.42 Å². The van der Waals surface area contributed by atoms with E-state index in [1.807, 2.05) is 0 Å². The molecule has 21 heavy (non-hydrogen) atoms. The highest BCUT2D eigenvalue weighted by atomic mass is 32.2. The van der Waals surface area contributed by atoms with E-state index in [2.05, 4.69) is 28.4 Å². The molecule has 4 nitrogen and oxygen atoms in total. The van der Waals surface area contributed by atoms with Crippen molar-refractivity contribution in [2.45, 2.75) is 25.3 Å². The first kappa shape index (κ1) is 15.2. The number of anilines is 1. The maximum absolute atomic E-state index is 12.3. The fourth-order valence-electron chi connectivity index (χ4n) is 3.01. The summed E-state index contributed by atoms with van der Waals surface area (Å²) in [6, 6.07) is 6.47. The summed E-state index contributed by atoms with van der Waals surface area (Å²) in [6.07, 6.45) is 1.07. The van der Waals surface area contributed by atoms with Gasteiger partial charge in [-0.1, -0.05) is 19.1 Å². The van der Waals surface area contributed by atoms with Crippen molar-refractivity contribution >= 4 is 27.3 Å². The highest BCUT2D eigenvalue weighted by molar-refractivity contribution is 8.01. The number of hydrogen-bond donors (Lipinski definition) is 1. The van der Waals surface area contributed by atoms with E-state index in [0.29, 0.717) is 5.75 Å². The van der Waals surface area contributed by atoms with Crippen molar-refractivity contribution in [1.82, 2.24) is 4.90 Å². The molecule has 0 bridgehead atoms. The number of nitrogens with zero attached hydrogens (tertiary/aromatic N) is 1. The van der Waals surface area contributed by atoms with Gasteiger partial charge in [0, 0.05) is 42.6 Å². The Bertz CT molecular complexity index is 616. The number of benzene rings is 1. The molecule has 1 fully saturated rings. The SMILES string of the molecule is CCS(=O)(=O)C1CSCCN1Cc1ccc2c(c1)CCN2. The van der Waals surface area contributed by atoms with Gasteiger partial charge >= 0.3 is 0 Å². The summed E-state index contributed by atoms with van der Waals surface area (Å²) >= 11 is 1.75. The van der Waals surface area contributed by atoms with Crippen LogP contribution in [-0.4, -0.2) is 49.0 Å². The molecule has 6 heteroatoms. The van der Waals surface area contributed by atoms with Crippen LogP contribution in [0.4, 0.5) is 5.69 Å². The molecule has 0 radical (unpaired) electrons. The Morgan fingerprint density at radius 3 is 3.10 bits per heavy atom. The van der Waals surface area contributed by atoms with Gasteiger partial charge in [0.15, 0.2) is 9.84 Å². The molecule has 3 rings (SSSR count). The average molecular weight is 326 g/mol. The molecular formula is C15H22N2O2S2. The minimum Gasteiger partial charge on any atom is -0.384 e. The highest BCUT2D eigenvalue weighted by Crippen LogP contribution is 2.26. The fourth-order valence-corrected chi connectivity index (χ4v) is 6.09. The third-order valence-electron chi connectivity index (χ3n) is 4.27. The van der Waals surface area contributed by atoms with Crippen LogP contribution in [0.1, 0.15) is 18.1 Å².